The molecule has 1 aromatic rings. The van der Waals surface area contributed by atoms with Gasteiger partial charge in [-0.2, -0.15) is 0 Å². The van der Waals surface area contributed by atoms with Crippen molar-refractivity contribution in [1.29, 1.82) is 0 Å². The number of carbonyl (C=O) groups excluding carboxylic acids is 1. The Morgan fingerprint density at radius 1 is 1.35 bits per heavy atom. The molecule has 0 spiro atoms. The highest BCUT2D eigenvalue weighted by Crippen LogP contribution is 2.25. The van der Waals surface area contributed by atoms with Crippen LogP contribution in [-0.2, 0) is 16.0 Å². The molecule has 0 aromatic heterocycles. The number of carbonyl (C=O) groups is 1. The number of rotatable bonds is 6. The zero-order valence-corrected chi connectivity index (χ0v) is 11.5. The smallest absolute Gasteiger partial charge is 0.137 e. The normalized spacial score (nSPS) is 12.5. The first-order valence-corrected chi connectivity index (χ1v) is 6.27. The van der Waals surface area contributed by atoms with E-state index in [0.29, 0.717) is 22.0 Å². The molecule has 0 heterocycles. The van der Waals surface area contributed by atoms with Gasteiger partial charge in [0.1, 0.15) is 5.78 Å². The molecule has 2 nitrogen and oxygen atoms in total. The van der Waals surface area contributed by atoms with Crippen LogP contribution in [0.2, 0.25) is 10.0 Å². The van der Waals surface area contributed by atoms with Crippen LogP contribution in [0.1, 0.15) is 25.3 Å². The summed E-state index contributed by atoms with van der Waals surface area (Å²) in [6.45, 7) is 1.94. The summed E-state index contributed by atoms with van der Waals surface area (Å²) in [5, 5.41) is 1.09. The van der Waals surface area contributed by atoms with Crippen molar-refractivity contribution in [3.8, 4) is 0 Å². The first-order valence-electron chi connectivity index (χ1n) is 5.52. The molecule has 0 saturated heterocycles. The van der Waals surface area contributed by atoms with Gasteiger partial charge < -0.3 is 4.74 Å². The van der Waals surface area contributed by atoms with Crippen LogP contribution in [0, 0.1) is 0 Å². The Balaban J connectivity index is 2.56. The lowest BCUT2D eigenvalue weighted by molar-refractivity contribution is -0.119. The lowest BCUT2D eigenvalue weighted by Crippen LogP contribution is -2.10. The molecular weight excluding hydrogens is 259 g/mol. The lowest BCUT2D eigenvalue weighted by atomic mass is 10.0. The number of ether oxygens (including phenoxy) is 1. The van der Waals surface area contributed by atoms with E-state index in [2.05, 4.69) is 0 Å². The third kappa shape index (κ3) is 4.66. The van der Waals surface area contributed by atoms with E-state index in [9.17, 15) is 4.79 Å². The predicted molar refractivity (Wildman–Crippen MR) is 70.9 cm³/mol. The third-order valence-electron chi connectivity index (χ3n) is 2.67. The van der Waals surface area contributed by atoms with Crippen molar-refractivity contribution in [2.24, 2.45) is 0 Å². The van der Waals surface area contributed by atoms with Crippen LogP contribution in [0.25, 0.3) is 0 Å². The van der Waals surface area contributed by atoms with Gasteiger partial charge in [0.05, 0.1) is 6.10 Å². The van der Waals surface area contributed by atoms with Gasteiger partial charge in [-0.05, 0) is 31.0 Å². The van der Waals surface area contributed by atoms with Gasteiger partial charge in [0.15, 0.2) is 0 Å². The third-order valence-corrected chi connectivity index (χ3v) is 3.38. The monoisotopic (exact) mass is 274 g/mol. The summed E-state index contributed by atoms with van der Waals surface area (Å²) >= 11 is 12.0. The van der Waals surface area contributed by atoms with Gasteiger partial charge >= 0.3 is 0 Å². The molecule has 4 heteroatoms. The zero-order valence-electron chi connectivity index (χ0n) is 10.0. The Morgan fingerprint density at radius 2 is 1.94 bits per heavy atom. The maximum atomic E-state index is 11.8. The summed E-state index contributed by atoms with van der Waals surface area (Å²) in [6, 6.07) is 5.26. The van der Waals surface area contributed by atoms with E-state index in [1.165, 1.54) is 0 Å². The van der Waals surface area contributed by atoms with Crippen molar-refractivity contribution in [2.75, 3.05) is 7.11 Å². The molecular formula is C13H16Cl2O2. The number of hydrogen-bond acceptors (Lipinski definition) is 2. The molecule has 0 radical (unpaired) electrons. The maximum Gasteiger partial charge on any atom is 0.137 e. The van der Waals surface area contributed by atoms with E-state index in [1.807, 2.05) is 6.92 Å². The topological polar surface area (TPSA) is 26.3 Å². The fraction of sp³-hybridized carbons (Fsp3) is 0.462. The standard InChI is InChI=1S/C13H16Cl2O2/c1-9(17-2)6-7-10(16)8-11-12(14)4-3-5-13(11)15/h3-5,9H,6-8H2,1-2H3. The van der Waals surface area contributed by atoms with Crippen LogP contribution in [-0.4, -0.2) is 19.0 Å². The zero-order chi connectivity index (χ0) is 12.8. The number of methoxy groups -OCH3 is 1. The first-order chi connectivity index (χ1) is 8.04. The molecule has 0 fully saturated rings. The highest BCUT2D eigenvalue weighted by molar-refractivity contribution is 6.36. The SMILES string of the molecule is COC(C)CCC(=O)Cc1c(Cl)cccc1Cl. The molecule has 1 aromatic carbocycles. The van der Waals surface area contributed by atoms with Crippen molar-refractivity contribution in [2.45, 2.75) is 32.3 Å². The van der Waals surface area contributed by atoms with Crippen molar-refractivity contribution < 1.29 is 9.53 Å². The van der Waals surface area contributed by atoms with Crippen LogP contribution >= 0.6 is 23.2 Å². The second-order valence-electron chi connectivity index (χ2n) is 4.00. The molecule has 1 rings (SSSR count). The fourth-order valence-electron chi connectivity index (χ4n) is 1.47. The van der Waals surface area contributed by atoms with E-state index >= 15 is 0 Å². The number of benzene rings is 1. The van der Waals surface area contributed by atoms with E-state index < -0.39 is 0 Å². The van der Waals surface area contributed by atoms with Gasteiger partial charge in [-0.1, -0.05) is 29.3 Å². The molecule has 0 aliphatic rings. The van der Waals surface area contributed by atoms with Gasteiger partial charge in [0.25, 0.3) is 0 Å². The molecule has 94 valence electrons. The number of ketones is 1. The van der Waals surface area contributed by atoms with Gasteiger partial charge in [-0.3, -0.25) is 4.79 Å². The molecule has 1 unspecified atom stereocenters. The van der Waals surface area contributed by atoms with Gasteiger partial charge in [0, 0.05) is 30.0 Å². The summed E-state index contributed by atoms with van der Waals surface area (Å²) in [4.78, 5) is 11.8. The molecule has 0 bridgehead atoms. The highest BCUT2D eigenvalue weighted by Gasteiger charge is 2.11. The van der Waals surface area contributed by atoms with Crippen molar-refractivity contribution in [3.05, 3.63) is 33.8 Å². The Hall–Kier alpha value is -0.570. The minimum atomic E-state index is 0.0978. The molecule has 1 atom stereocenters. The van der Waals surface area contributed by atoms with Gasteiger partial charge in [-0.15, -0.1) is 0 Å². The first kappa shape index (κ1) is 14.5. The lowest BCUT2D eigenvalue weighted by Gasteiger charge is -2.09. The summed E-state index contributed by atoms with van der Waals surface area (Å²) in [5.74, 6) is 0.129. The predicted octanol–water partition coefficient (Wildman–Crippen LogP) is 3.92. The van der Waals surface area contributed by atoms with Crippen molar-refractivity contribution in [1.82, 2.24) is 0 Å². The Labute approximate surface area is 112 Å². The molecule has 0 saturated carbocycles. The summed E-state index contributed by atoms with van der Waals surface area (Å²) in [5.41, 5.74) is 0.714. The molecule has 0 N–H and O–H groups in total. The van der Waals surface area contributed by atoms with Crippen LogP contribution in [0.15, 0.2) is 18.2 Å². The minimum Gasteiger partial charge on any atom is -0.382 e. The van der Waals surface area contributed by atoms with E-state index in [1.54, 1.807) is 25.3 Å². The fourth-order valence-corrected chi connectivity index (χ4v) is 2.00. The van der Waals surface area contributed by atoms with Crippen molar-refractivity contribution in [3.63, 3.8) is 0 Å². The second-order valence-corrected chi connectivity index (χ2v) is 4.82. The number of hydrogen-bond donors (Lipinski definition) is 0. The molecule has 0 aliphatic carbocycles. The largest absolute Gasteiger partial charge is 0.382 e. The van der Waals surface area contributed by atoms with Crippen LogP contribution in [0.3, 0.4) is 0 Å². The van der Waals surface area contributed by atoms with E-state index in [0.717, 1.165) is 6.42 Å². The second kappa shape index (κ2) is 7.00. The maximum absolute atomic E-state index is 11.8. The number of halogens is 2. The minimum absolute atomic E-state index is 0.0978. The van der Waals surface area contributed by atoms with Gasteiger partial charge in [0.2, 0.25) is 0 Å². The average molecular weight is 275 g/mol. The Morgan fingerprint density at radius 3 is 2.47 bits per heavy atom. The molecule has 0 aliphatic heterocycles. The van der Waals surface area contributed by atoms with E-state index in [4.69, 9.17) is 27.9 Å². The van der Waals surface area contributed by atoms with Crippen molar-refractivity contribution >= 4 is 29.0 Å². The van der Waals surface area contributed by atoms with Crippen LogP contribution in [0.4, 0.5) is 0 Å². The summed E-state index contributed by atoms with van der Waals surface area (Å²) in [6.07, 6.45) is 1.59. The Bertz CT molecular complexity index is 371. The van der Waals surface area contributed by atoms with E-state index in [-0.39, 0.29) is 18.3 Å². The quantitative estimate of drug-likeness (QED) is 0.786. The summed E-state index contributed by atoms with van der Waals surface area (Å²) in [7, 11) is 1.64. The van der Waals surface area contributed by atoms with Gasteiger partial charge in [-0.25, -0.2) is 0 Å². The highest BCUT2D eigenvalue weighted by atomic mass is 35.5. The average Bonchev–Trinajstić information content (AvgIpc) is 2.31. The Kier molecular flexibility index (Phi) is 5.96. The number of Topliss-reactive ketones (excluding diaryl/α,β-unsaturated/α-hetero) is 1. The van der Waals surface area contributed by atoms with Crippen LogP contribution in [0.5, 0.6) is 0 Å². The summed E-state index contributed by atoms with van der Waals surface area (Å²) < 4.78 is 5.09. The molecule has 17 heavy (non-hydrogen) atoms. The van der Waals surface area contributed by atoms with Crippen LogP contribution < -0.4 is 0 Å². The molecule has 0 amide bonds.